The molecule has 7 heteroatoms. The van der Waals surface area contributed by atoms with Crippen molar-refractivity contribution in [2.75, 3.05) is 0 Å². The lowest BCUT2D eigenvalue weighted by Gasteiger charge is -2.06. The highest BCUT2D eigenvalue weighted by Crippen LogP contribution is 2.31. The molecule has 0 aliphatic rings. The zero-order chi connectivity index (χ0) is 11.1. The first-order valence-electron chi connectivity index (χ1n) is 3.82. The first-order chi connectivity index (χ1) is 6.98. The molecule has 2 rings (SSSR count). The molecule has 0 saturated carbocycles. The van der Waals surface area contributed by atoms with E-state index in [4.69, 9.17) is 0 Å². The molecule has 0 saturated heterocycles. The maximum atomic E-state index is 12.4. The first-order valence-corrected chi connectivity index (χ1v) is 4.62. The molecule has 0 spiro atoms. The third-order valence-electron chi connectivity index (χ3n) is 1.77. The van der Waals surface area contributed by atoms with Gasteiger partial charge >= 0.3 is 6.18 Å². The van der Waals surface area contributed by atoms with Gasteiger partial charge < -0.3 is 0 Å². The highest BCUT2D eigenvalue weighted by molar-refractivity contribution is 9.10. The van der Waals surface area contributed by atoms with Crippen molar-refractivity contribution in [2.24, 2.45) is 0 Å². The van der Waals surface area contributed by atoms with Gasteiger partial charge in [-0.15, -0.1) is 5.10 Å². The highest BCUT2D eigenvalue weighted by Gasteiger charge is 2.31. The second kappa shape index (κ2) is 3.41. The maximum Gasteiger partial charge on any atom is 0.417 e. The van der Waals surface area contributed by atoms with Crippen LogP contribution in [0.25, 0.3) is 11.0 Å². The normalized spacial score (nSPS) is 12.0. The third-order valence-corrected chi connectivity index (χ3v) is 2.41. The number of aromatic nitrogens is 3. The topological polar surface area (TPSA) is 38.7 Å². The van der Waals surface area contributed by atoms with Crippen LogP contribution in [0.4, 0.5) is 13.2 Å². The van der Waals surface area contributed by atoms with Crippen LogP contribution >= 0.6 is 15.9 Å². The van der Waals surface area contributed by atoms with Gasteiger partial charge in [0.1, 0.15) is 0 Å². The van der Waals surface area contributed by atoms with Crippen LogP contribution in [0.1, 0.15) is 5.56 Å². The van der Waals surface area contributed by atoms with Gasteiger partial charge in [-0.1, -0.05) is 0 Å². The third kappa shape index (κ3) is 1.92. The molecule has 0 atom stereocenters. The van der Waals surface area contributed by atoms with Gasteiger partial charge in [-0.2, -0.15) is 18.3 Å². The number of hydrogen-bond donors (Lipinski definition) is 0. The van der Waals surface area contributed by atoms with E-state index in [9.17, 15) is 13.2 Å². The van der Waals surface area contributed by atoms with Crippen molar-refractivity contribution in [2.45, 2.75) is 6.18 Å². The Balaban J connectivity index is 2.70. The summed E-state index contributed by atoms with van der Waals surface area (Å²) in [6.45, 7) is 0. The van der Waals surface area contributed by atoms with Crippen molar-refractivity contribution < 1.29 is 13.2 Å². The van der Waals surface area contributed by atoms with Crippen LogP contribution in [0, 0.1) is 0 Å². The second-order valence-corrected chi connectivity index (χ2v) is 3.64. The van der Waals surface area contributed by atoms with E-state index in [1.54, 1.807) is 0 Å². The van der Waals surface area contributed by atoms with Gasteiger partial charge in [-0.25, -0.2) is 4.98 Å². The van der Waals surface area contributed by atoms with E-state index >= 15 is 0 Å². The van der Waals surface area contributed by atoms with Gasteiger partial charge in [-0.05, 0) is 22.0 Å². The van der Waals surface area contributed by atoms with Crippen LogP contribution in [0.2, 0.25) is 0 Å². The van der Waals surface area contributed by atoms with Gasteiger partial charge in [0.25, 0.3) is 0 Å². The zero-order valence-electron chi connectivity index (χ0n) is 7.09. The van der Waals surface area contributed by atoms with Crippen LogP contribution in [-0.2, 0) is 6.18 Å². The molecule has 3 nitrogen and oxygen atoms in total. The van der Waals surface area contributed by atoms with Crippen molar-refractivity contribution in [3.8, 4) is 0 Å². The predicted molar refractivity (Wildman–Crippen MR) is 50.0 cm³/mol. The molecule has 0 radical (unpaired) electrons. The maximum absolute atomic E-state index is 12.4. The minimum absolute atomic E-state index is 0.178. The van der Waals surface area contributed by atoms with Crippen LogP contribution in [0.15, 0.2) is 22.9 Å². The number of halogens is 4. The van der Waals surface area contributed by atoms with E-state index < -0.39 is 11.7 Å². The van der Waals surface area contributed by atoms with Crippen LogP contribution in [-0.4, -0.2) is 15.2 Å². The first kappa shape index (κ1) is 10.3. The van der Waals surface area contributed by atoms with Crippen molar-refractivity contribution in [3.63, 3.8) is 0 Å². The van der Waals surface area contributed by atoms with E-state index in [-0.39, 0.29) is 5.65 Å². The molecule has 0 N–H and O–H groups in total. The summed E-state index contributed by atoms with van der Waals surface area (Å²) in [4.78, 5) is 3.58. The van der Waals surface area contributed by atoms with Crippen molar-refractivity contribution in [1.82, 2.24) is 15.2 Å². The molecule has 0 bridgehead atoms. The van der Waals surface area contributed by atoms with E-state index in [1.165, 1.54) is 6.20 Å². The molecule has 15 heavy (non-hydrogen) atoms. The van der Waals surface area contributed by atoms with Crippen LogP contribution < -0.4 is 0 Å². The molecule has 0 fully saturated rings. The average molecular weight is 278 g/mol. The lowest BCUT2D eigenvalue weighted by atomic mass is 10.2. The zero-order valence-corrected chi connectivity index (χ0v) is 8.67. The van der Waals surface area contributed by atoms with Gasteiger partial charge in [0.05, 0.1) is 11.8 Å². The van der Waals surface area contributed by atoms with E-state index in [1.807, 2.05) is 0 Å². The monoisotopic (exact) mass is 277 g/mol. The summed E-state index contributed by atoms with van der Waals surface area (Å²) >= 11 is 3.09. The highest BCUT2D eigenvalue weighted by atomic mass is 79.9. The molecular formula is C8H3BrF3N3. The fraction of sp³-hybridized carbons (Fsp3) is 0.125. The second-order valence-electron chi connectivity index (χ2n) is 2.79. The van der Waals surface area contributed by atoms with Crippen molar-refractivity contribution >= 4 is 27.0 Å². The molecule has 0 aliphatic carbocycles. The van der Waals surface area contributed by atoms with Crippen molar-refractivity contribution in [1.29, 1.82) is 0 Å². The molecule has 0 amide bonds. The summed E-state index contributed by atoms with van der Waals surface area (Å²) in [7, 11) is 0. The smallest absolute Gasteiger partial charge is 0.234 e. The largest absolute Gasteiger partial charge is 0.417 e. The standard InChI is InChI=1S/C8H3BrF3N3/c9-6-3-14-15-7-5(6)1-4(2-13-7)8(10,11)12/h1-3H. The minimum Gasteiger partial charge on any atom is -0.234 e. The molecule has 78 valence electrons. The quantitative estimate of drug-likeness (QED) is 0.743. The number of fused-ring (bicyclic) bond motifs is 1. The van der Waals surface area contributed by atoms with E-state index in [0.717, 1.165) is 12.3 Å². The fourth-order valence-corrected chi connectivity index (χ4v) is 1.46. The Morgan fingerprint density at radius 1 is 1.20 bits per heavy atom. The number of pyridine rings is 1. The lowest BCUT2D eigenvalue weighted by molar-refractivity contribution is -0.137. The molecular weight excluding hydrogens is 275 g/mol. The molecule has 2 heterocycles. The number of hydrogen-bond acceptors (Lipinski definition) is 3. The van der Waals surface area contributed by atoms with Gasteiger partial charge in [0.2, 0.25) is 0 Å². The predicted octanol–water partition coefficient (Wildman–Crippen LogP) is 2.81. The Kier molecular flexibility index (Phi) is 2.34. The summed E-state index contributed by atoms with van der Waals surface area (Å²) in [6.07, 6.45) is -2.34. The molecule has 2 aromatic rings. The van der Waals surface area contributed by atoms with Crippen LogP contribution in [0.5, 0.6) is 0 Å². The molecule has 0 aliphatic heterocycles. The lowest BCUT2D eigenvalue weighted by Crippen LogP contribution is -2.05. The van der Waals surface area contributed by atoms with Gasteiger partial charge in [-0.3, -0.25) is 0 Å². The van der Waals surface area contributed by atoms with E-state index in [2.05, 4.69) is 31.1 Å². The molecule has 0 unspecified atom stereocenters. The van der Waals surface area contributed by atoms with Crippen molar-refractivity contribution in [3.05, 3.63) is 28.5 Å². The summed E-state index contributed by atoms with van der Waals surface area (Å²) in [5, 5.41) is 7.46. The Morgan fingerprint density at radius 2 is 1.93 bits per heavy atom. The van der Waals surface area contributed by atoms with E-state index in [0.29, 0.717) is 9.86 Å². The Morgan fingerprint density at radius 3 is 2.60 bits per heavy atom. The molecule has 2 aromatic heterocycles. The van der Waals surface area contributed by atoms with Crippen LogP contribution in [0.3, 0.4) is 0 Å². The Bertz CT molecular complexity index is 512. The fourth-order valence-electron chi connectivity index (χ4n) is 1.07. The molecule has 0 aromatic carbocycles. The SMILES string of the molecule is FC(F)(F)c1cnc2nncc(Br)c2c1. The number of alkyl halides is 3. The summed E-state index contributed by atoms with van der Waals surface area (Å²) < 4.78 is 37.5. The minimum atomic E-state index is -4.40. The summed E-state index contributed by atoms with van der Waals surface area (Å²) in [5.41, 5.74) is -0.624. The number of rotatable bonds is 0. The summed E-state index contributed by atoms with van der Waals surface area (Å²) in [6, 6.07) is 0.987. The van der Waals surface area contributed by atoms with Gasteiger partial charge in [0.15, 0.2) is 5.65 Å². The Labute approximate surface area is 90.5 Å². The number of nitrogens with zero attached hydrogens (tertiary/aromatic N) is 3. The van der Waals surface area contributed by atoms with Gasteiger partial charge in [0, 0.05) is 16.1 Å². The Hall–Kier alpha value is -1.24. The average Bonchev–Trinajstić information content (AvgIpc) is 2.16. The summed E-state index contributed by atoms with van der Waals surface area (Å²) in [5.74, 6) is 0.